The van der Waals surface area contributed by atoms with Crippen molar-refractivity contribution in [3.63, 3.8) is 0 Å². The highest BCUT2D eigenvalue weighted by Gasteiger charge is 2.38. The zero-order valence-electron chi connectivity index (χ0n) is 18.0. The van der Waals surface area contributed by atoms with Gasteiger partial charge in [0.25, 0.3) is 11.5 Å². The van der Waals surface area contributed by atoms with Crippen LogP contribution in [0.15, 0.2) is 28.0 Å². The van der Waals surface area contributed by atoms with Gasteiger partial charge in [-0.2, -0.15) is 0 Å². The zero-order valence-corrected chi connectivity index (χ0v) is 19.6. The first-order chi connectivity index (χ1) is 15.5. The number of hydrogen-bond donors (Lipinski definition) is 1. The van der Waals surface area contributed by atoms with Gasteiger partial charge in [-0.25, -0.2) is 4.98 Å². The highest BCUT2D eigenvalue weighted by Crippen LogP contribution is 2.38. The molecular weight excluding hydrogens is 444 g/mol. The fourth-order valence-electron chi connectivity index (χ4n) is 4.68. The molecule has 1 atom stereocenters. The highest BCUT2D eigenvalue weighted by atomic mass is 32.2. The predicted octanol–water partition coefficient (Wildman–Crippen LogP) is 3.74. The molecule has 2 aromatic heterocycles. The molecule has 168 valence electrons. The summed E-state index contributed by atoms with van der Waals surface area (Å²) in [6, 6.07) is 3.93. The largest absolute Gasteiger partial charge is 0.376 e. The lowest BCUT2D eigenvalue weighted by atomic mass is 10.2. The third-order valence-electron chi connectivity index (χ3n) is 6.39. The van der Waals surface area contributed by atoms with E-state index in [2.05, 4.69) is 5.32 Å². The van der Waals surface area contributed by atoms with Gasteiger partial charge >= 0.3 is 0 Å². The Morgan fingerprint density at radius 1 is 1.28 bits per heavy atom. The van der Waals surface area contributed by atoms with Crippen LogP contribution in [0.3, 0.4) is 0 Å². The molecule has 2 saturated heterocycles. The molecule has 1 saturated carbocycles. The van der Waals surface area contributed by atoms with Crippen molar-refractivity contribution in [2.45, 2.75) is 57.6 Å². The first kappa shape index (κ1) is 21.6. The van der Waals surface area contributed by atoms with Gasteiger partial charge in [-0.05, 0) is 50.3 Å². The van der Waals surface area contributed by atoms with Crippen LogP contribution in [0.2, 0.25) is 0 Å². The Kier molecular flexibility index (Phi) is 6.05. The molecule has 1 aliphatic carbocycles. The van der Waals surface area contributed by atoms with E-state index in [1.807, 2.05) is 19.1 Å². The number of pyridine rings is 1. The Morgan fingerprint density at radius 2 is 2.09 bits per heavy atom. The van der Waals surface area contributed by atoms with E-state index in [-0.39, 0.29) is 23.6 Å². The quantitative estimate of drug-likeness (QED) is 0.527. The van der Waals surface area contributed by atoms with Crippen LogP contribution in [0.25, 0.3) is 11.7 Å². The van der Waals surface area contributed by atoms with Crippen LogP contribution in [0.5, 0.6) is 0 Å². The van der Waals surface area contributed by atoms with Crippen molar-refractivity contribution >= 4 is 51.7 Å². The van der Waals surface area contributed by atoms with Gasteiger partial charge in [0.15, 0.2) is 0 Å². The number of thioether (sulfide) groups is 1. The van der Waals surface area contributed by atoms with Gasteiger partial charge in [0.05, 0.1) is 16.6 Å². The maximum atomic E-state index is 13.5. The van der Waals surface area contributed by atoms with Crippen LogP contribution in [0.1, 0.15) is 49.7 Å². The normalized spacial score (nSPS) is 23.2. The molecule has 3 aliphatic rings. The van der Waals surface area contributed by atoms with Crippen molar-refractivity contribution in [2.24, 2.45) is 0 Å². The molecule has 0 bridgehead atoms. The lowest BCUT2D eigenvalue weighted by Crippen LogP contribution is -2.36. The molecule has 0 unspecified atom stereocenters. The molecule has 1 amide bonds. The summed E-state index contributed by atoms with van der Waals surface area (Å²) in [6.07, 6.45) is 9.69. The van der Waals surface area contributed by atoms with Crippen molar-refractivity contribution in [3.05, 3.63) is 44.7 Å². The molecule has 3 fully saturated rings. The number of anilines is 1. The van der Waals surface area contributed by atoms with E-state index in [0.717, 1.165) is 50.7 Å². The van der Waals surface area contributed by atoms with Crippen LogP contribution in [-0.2, 0) is 9.53 Å². The van der Waals surface area contributed by atoms with E-state index in [1.54, 1.807) is 17.2 Å². The van der Waals surface area contributed by atoms with E-state index < -0.39 is 0 Å². The predicted molar refractivity (Wildman–Crippen MR) is 131 cm³/mol. The summed E-state index contributed by atoms with van der Waals surface area (Å²) in [5, 5.41) is 3.32. The topological polar surface area (TPSA) is 75.9 Å². The number of aryl methyl sites for hydroxylation is 1. The van der Waals surface area contributed by atoms with Crippen molar-refractivity contribution in [3.8, 4) is 0 Å². The molecule has 1 N–H and O–H groups in total. The van der Waals surface area contributed by atoms with Gasteiger partial charge in [0, 0.05) is 25.4 Å². The monoisotopic (exact) mass is 470 g/mol. The number of hydrogen-bond acceptors (Lipinski definition) is 7. The number of fused-ring (bicyclic) bond motifs is 1. The molecule has 5 rings (SSSR count). The molecule has 32 heavy (non-hydrogen) atoms. The number of nitrogens with one attached hydrogen (secondary N) is 1. The van der Waals surface area contributed by atoms with Crippen molar-refractivity contribution in [2.75, 3.05) is 18.5 Å². The summed E-state index contributed by atoms with van der Waals surface area (Å²) < 4.78 is 7.83. The standard InChI is InChI=1S/C23H26N4O3S2/c1-14-6-4-10-26-20(14)25-19(24-13-16-9-5-11-30-16)17(21(26)28)12-18-22(29)27(23(31)32-18)15-7-2-3-8-15/h4,6,10,12,15-16,24H,2-3,5,7-9,11,13H2,1H3/b18-12+/t16-/m1/s1. The molecule has 0 aromatic carbocycles. The van der Waals surface area contributed by atoms with E-state index in [9.17, 15) is 9.59 Å². The van der Waals surface area contributed by atoms with Crippen molar-refractivity contribution in [1.29, 1.82) is 0 Å². The lowest BCUT2D eigenvalue weighted by molar-refractivity contribution is -0.123. The fourth-order valence-corrected chi connectivity index (χ4v) is 6.06. The Morgan fingerprint density at radius 3 is 2.84 bits per heavy atom. The molecule has 0 radical (unpaired) electrons. The number of thiocarbonyl (C=S) groups is 1. The maximum Gasteiger partial charge on any atom is 0.267 e. The van der Waals surface area contributed by atoms with E-state index >= 15 is 0 Å². The third-order valence-corrected chi connectivity index (χ3v) is 7.72. The summed E-state index contributed by atoms with van der Waals surface area (Å²) in [6.45, 7) is 3.26. The van der Waals surface area contributed by atoms with Crippen LogP contribution in [0, 0.1) is 6.92 Å². The summed E-state index contributed by atoms with van der Waals surface area (Å²) in [5.74, 6) is 0.372. The smallest absolute Gasteiger partial charge is 0.267 e. The minimum atomic E-state index is -0.209. The van der Waals surface area contributed by atoms with Gasteiger partial charge in [-0.15, -0.1) is 0 Å². The van der Waals surface area contributed by atoms with Crippen LogP contribution in [0.4, 0.5) is 5.82 Å². The van der Waals surface area contributed by atoms with Crippen LogP contribution in [-0.4, -0.2) is 49.8 Å². The summed E-state index contributed by atoms with van der Waals surface area (Å²) in [5.41, 5.74) is 1.67. The molecular formula is C23H26N4O3S2. The molecule has 9 heteroatoms. The SMILES string of the molecule is Cc1cccn2c(=O)c(/C=C3/SC(=S)N(C4CCCC4)C3=O)c(NC[C@H]3CCCO3)nc12. The first-order valence-electron chi connectivity index (χ1n) is 11.2. The Bertz CT molecular complexity index is 1160. The zero-order chi connectivity index (χ0) is 22.2. The van der Waals surface area contributed by atoms with Gasteiger partial charge < -0.3 is 10.1 Å². The van der Waals surface area contributed by atoms with Crippen molar-refractivity contribution in [1.82, 2.24) is 14.3 Å². The number of carbonyl (C=O) groups excluding carboxylic acids is 1. The third kappa shape index (κ3) is 3.97. The average Bonchev–Trinajstić information content (AvgIpc) is 3.52. The highest BCUT2D eigenvalue weighted by molar-refractivity contribution is 8.26. The number of rotatable bonds is 5. The van der Waals surface area contributed by atoms with Gasteiger partial charge in [0.2, 0.25) is 0 Å². The summed E-state index contributed by atoms with van der Waals surface area (Å²) in [7, 11) is 0. The van der Waals surface area contributed by atoms with Crippen molar-refractivity contribution < 1.29 is 9.53 Å². The Labute approximate surface area is 196 Å². The second-order valence-corrected chi connectivity index (χ2v) is 10.2. The number of ether oxygens (including phenoxy) is 1. The summed E-state index contributed by atoms with van der Waals surface area (Å²) >= 11 is 6.80. The minimum absolute atomic E-state index is 0.0977. The van der Waals surface area contributed by atoms with Crippen LogP contribution >= 0.6 is 24.0 Å². The Balaban J connectivity index is 1.55. The lowest BCUT2D eigenvalue weighted by Gasteiger charge is -2.21. The molecule has 7 nitrogen and oxygen atoms in total. The molecule has 2 aromatic rings. The first-order valence-corrected chi connectivity index (χ1v) is 12.4. The number of amides is 1. The van der Waals surface area contributed by atoms with E-state index in [4.69, 9.17) is 21.9 Å². The fraction of sp³-hybridized carbons (Fsp3) is 0.478. The number of nitrogens with zero attached hydrogens (tertiary/aromatic N) is 3. The summed E-state index contributed by atoms with van der Waals surface area (Å²) in [4.78, 5) is 33.6. The second-order valence-electron chi connectivity index (χ2n) is 8.57. The van der Waals surface area contributed by atoms with Crippen LogP contribution < -0.4 is 10.9 Å². The van der Waals surface area contributed by atoms with Gasteiger partial charge in [-0.1, -0.05) is 42.9 Å². The minimum Gasteiger partial charge on any atom is -0.376 e. The number of carbonyl (C=O) groups is 1. The average molecular weight is 471 g/mol. The van der Waals surface area contributed by atoms with E-state index in [1.165, 1.54) is 16.2 Å². The maximum absolute atomic E-state index is 13.5. The molecule has 2 aliphatic heterocycles. The Hall–Kier alpha value is -2.23. The molecule has 4 heterocycles. The second kappa shape index (κ2) is 8.96. The molecule has 0 spiro atoms. The van der Waals surface area contributed by atoms with Gasteiger partial charge in [0.1, 0.15) is 15.8 Å². The van der Waals surface area contributed by atoms with E-state index in [0.29, 0.717) is 32.8 Å². The van der Waals surface area contributed by atoms with Gasteiger partial charge in [-0.3, -0.25) is 18.9 Å². The number of aromatic nitrogens is 2.